The minimum atomic E-state index is -3.64. The third-order valence-corrected chi connectivity index (χ3v) is 7.96. The summed E-state index contributed by atoms with van der Waals surface area (Å²) in [6.07, 6.45) is 0.0424. The fourth-order valence-electron chi connectivity index (χ4n) is 4.44. The molecule has 0 aromatic heterocycles. The lowest BCUT2D eigenvalue weighted by atomic mass is 10.1. The Morgan fingerprint density at radius 1 is 1.00 bits per heavy atom. The summed E-state index contributed by atoms with van der Waals surface area (Å²) < 4.78 is 44.5. The molecule has 4 rings (SSSR count). The molecule has 3 heterocycles. The van der Waals surface area contributed by atoms with Gasteiger partial charge in [0.1, 0.15) is 13.2 Å². The number of carbonyl (C=O) groups is 1. The number of hydrogen-bond acceptors (Lipinski definition) is 7. The number of morpholine rings is 1. The molecule has 2 saturated heterocycles. The smallest absolute Gasteiger partial charge is 0.243 e. The van der Waals surface area contributed by atoms with E-state index in [0.29, 0.717) is 64.0 Å². The van der Waals surface area contributed by atoms with E-state index in [2.05, 4.69) is 4.90 Å². The predicted molar refractivity (Wildman–Crippen MR) is 114 cm³/mol. The van der Waals surface area contributed by atoms with Crippen molar-refractivity contribution < 1.29 is 27.4 Å². The van der Waals surface area contributed by atoms with E-state index in [1.54, 1.807) is 12.1 Å². The van der Waals surface area contributed by atoms with Gasteiger partial charge in [0.2, 0.25) is 15.9 Å². The maximum Gasteiger partial charge on any atom is 0.243 e. The standard InChI is InChI=1S/C21H31N3O6S/c1-15-13-23(14-16(2)30-15)21(25)17(3)22-6-8-24(9-7-22)31(26,27)18-4-5-19-20(12-18)29-11-10-28-19/h4-5,12,15-17H,6-11,13-14H2,1-3H3/t15-,16-,17-/m1/s1. The fraction of sp³-hybridized carbons (Fsp3) is 0.667. The first kappa shape index (κ1) is 22.3. The molecule has 0 aliphatic carbocycles. The number of amides is 1. The summed E-state index contributed by atoms with van der Waals surface area (Å²) >= 11 is 0. The minimum absolute atomic E-state index is 0.0212. The number of sulfonamides is 1. The van der Waals surface area contributed by atoms with Gasteiger partial charge >= 0.3 is 0 Å². The molecule has 1 amide bonds. The van der Waals surface area contributed by atoms with Gasteiger partial charge in [-0.05, 0) is 32.9 Å². The molecule has 0 N–H and O–H groups in total. The third kappa shape index (κ3) is 4.67. The summed E-state index contributed by atoms with van der Waals surface area (Å²) in [7, 11) is -3.64. The number of nitrogens with zero attached hydrogens (tertiary/aromatic N) is 3. The molecular weight excluding hydrogens is 422 g/mol. The van der Waals surface area contributed by atoms with E-state index >= 15 is 0 Å². The van der Waals surface area contributed by atoms with Crippen LogP contribution in [0.3, 0.4) is 0 Å². The summed E-state index contributed by atoms with van der Waals surface area (Å²) in [6, 6.07) is 4.44. The van der Waals surface area contributed by atoms with Crippen molar-refractivity contribution in [1.29, 1.82) is 0 Å². The molecule has 0 bridgehead atoms. The highest BCUT2D eigenvalue weighted by atomic mass is 32.2. The van der Waals surface area contributed by atoms with Gasteiger partial charge in [0.15, 0.2) is 11.5 Å². The number of fused-ring (bicyclic) bond motifs is 1. The van der Waals surface area contributed by atoms with E-state index in [4.69, 9.17) is 14.2 Å². The van der Waals surface area contributed by atoms with Crippen LogP contribution in [0.2, 0.25) is 0 Å². The maximum atomic E-state index is 13.1. The van der Waals surface area contributed by atoms with Crippen LogP contribution >= 0.6 is 0 Å². The molecule has 0 unspecified atom stereocenters. The number of hydrogen-bond donors (Lipinski definition) is 0. The fourth-order valence-corrected chi connectivity index (χ4v) is 5.88. The molecule has 3 atom stereocenters. The Kier molecular flexibility index (Phi) is 6.43. The molecule has 10 heteroatoms. The van der Waals surface area contributed by atoms with Gasteiger partial charge in [0, 0.05) is 45.3 Å². The van der Waals surface area contributed by atoms with E-state index in [0.717, 1.165) is 0 Å². The van der Waals surface area contributed by atoms with Gasteiger partial charge in [0.25, 0.3) is 0 Å². The summed E-state index contributed by atoms with van der Waals surface area (Å²) in [5, 5.41) is 0. The Balaban J connectivity index is 1.38. The van der Waals surface area contributed by atoms with Gasteiger partial charge < -0.3 is 19.1 Å². The monoisotopic (exact) mass is 453 g/mol. The summed E-state index contributed by atoms with van der Waals surface area (Å²) in [5.74, 6) is 1.10. The van der Waals surface area contributed by atoms with E-state index in [1.807, 2.05) is 25.7 Å². The highest BCUT2D eigenvalue weighted by molar-refractivity contribution is 7.89. The summed E-state index contributed by atoms with van der Waals surface area (Å²) in [6.45, 7) is 9.58. The van der Waals surface area contributed by atoms with Gasteiger partial charge in [-0.3, -0.25) is 9.69 Å². The normalized spacial score (nSPS) is 26.5. The topological polar surface area (TPSA) is 88.6 Å². The van der Waals surface area contributed by atoms with Crippen molar-refractivity contribution in [3.63, 3.8) is 0 Å². The van der Waals surface area contributed by atoms with Crippen LogP contribution in [0.5, 0.6) is 11.5 Å². The Bertz CT molecular complexity index is 906. The van der Waals surface area contributed by atoms with Crippen LogP contribution in [0, 0.1) is 0 Å². The molecule has 0 spiro atoms. The Morgan fingerprint density at radius 3 is 2.26 bits per heavy atom. The zero-order valence-corrected chi connectivity index (χ0v) is 19.1. The first-order valence-electron chi connectivity index (χ1n) is 10.8. The average Bonchev–Trinajstić information content (AvgIpc) is 2.77. The van der Waals surface area contributed by atoms with Crippen molar-refractivity contribution in [2.45, 2.75) is 43.9 Å². The van der Waals surface area contributed by atoms with Crippen LogP contribution in [0.4, 0.5) is 0 Å². The molecule has 3 aliphatic heterocycles. The molecule has 0 radical (unpaired) electrons. The second-order valence-electron chi connectivity index (χ2n) is 8.42. The zero-order valence-electron chi connectivity index (χ0n) is 18.3. The molecule has 9 nitrogen and oxygen atoms in total. The number of carbonyl (C=O) groups excluding carboxylic acids is 1. The van der Waals surface area contributed by atoms with Crippen LogP contribution in [0.15, 0.2) is 23.1 Å². The first-order valence-corrected chi connectivity index (χ1v) is 12.3. The molecule has 2 fully saturated rings. The lowest BCUT2D eigenvalue weighted by Gasteiger charge is -2.41. The van der Waals surface area contributed by atoms with Crippen LogP contribution in [0.1, 0.15) is 20.8 Å². The van der Waals surface area contributed by atoms with Crippen molar-refractivity contribution in [3.05, 3.63) is 18.2 Å². The quantitative estimate of drug-likeness (QED) is 0.666. The highest BCUT2D eigenvalue weighted by Gasteiger charge is 2.35. The van der Waals surface area contributed by atoms with Crippen molar-refractivity contribution >= 4 is 15.9 Å². The largest absolute Gasteiger partial charge is 0.486 e. The lowest BCUT2D eigenvalue weighted by molar-refractivity contribution is -0.148. The summed E-state index contributed by atoms with van der Waals surface area (Å²) in [4.78, 5) is 17.1. The molecule has 1 aromatic carbocycles. The molecular formula is C21H31N3O6S. The van der Waals surface area contributed by atoms with Gasteiger partial charge in [-0.15, -0.1) is 0 Å². The van der Waals surface area contributed by atoms with Gasteiger partial charge in [-0.1, -0.05) is 0 Å². The first-order chi connectivity index (χ1) is 14.8. The van der Waals surface area contributed by atoms with Crippen molar-refractivity contribution in [2.75, 3.05) is 52.5 Å². The highest BCUT2D eigenvalue weighted by Crippen LogP contribution is 2.33. The number of benzene rings is 1. The van der Waals surface area contributed by atoms with Crippen molar-refractivity contribution in [3.8, 4) is 11.5 Å². The van der Waals surface area contributed by atoms with Crippen LogP contribution in [-0.2, 0) is 19.6 Å². The molecule has 3 aliphatic rings. The maximum absolute atomic E-state index is 13.1. The van der Waals surface area contributed by atoms with E-state index in [1.165, 1.54) is 10.4 Å². The van der Waals surface area contributed by atoms with Crippen LogP contribution < -0.4 is 9.47 Å². The van der Waals surface area contributed by atoms with E-state index < -0.39 is 10.0 Å². The number of ether oxygens (including phenoxy) is 3. The number of rotatable bonds is 4. The van der Waals surface area contributed by atoms with Crippen molar-refractivity contribution in [2.24, 2.45) is 0 Å². The Morgan fingerprint density at radius 2 is 1.61 bits per heavy atom. The van der Waals surface area contributed by atoms with Crippen LogP contribution in [0.25, 0.3) is 0 Å². The molecule has 172 valence electrons. The van der Waals surface area contributed by atoms with Crippen molar-refractivity contribution in [1.82, 2.24) is 14.1 Å². The van der Waals surface area contributed by atoms with E-state index in [9.17, 15) is 13.2 Å². The Labute approximate surface area is 183 Å². The minimum Gasteiger partial charge on any atom is -0.486 e. The summed E-state index contributed by atoms with van der Waals surface area (Å²) in [5.41, 5.74) is 0. The number of piperazine rings is 1. The predicted octanol–water partition coefficient (Wildman–Crippen LogP) is 0.788. The van der Waals surface area contributed by atoms with Crippen LogP contribution in [-0.4, -0.2) is 99.2 Å². The van der Waals surface area contributed by atoms with Gasteiger partial charge in [-0.2, -0.15) is 4.31 Å². The average molecular weight is 454 g/mol. The van der Waals surface area contributed by atoms with Gasteiger partial charge in [0.05, 0.1) is 23.1 Å². The molecule has 31 heavy (non-hydrogen) atoms. The Hall–Kier alpha value is -1.88. The lowest BCUT2D eigenvalue weighted by Crippen LogP contribution is -2.58. The SMILES string of the molecule is C[C@@H]1CN(C(=O)[C@@H](C)N2CCN(S(=O)(=O)c3ccc4c(c3)OCCO4)CC2)C[C@@H](C)O1. The molecule has 0 saturated carbocycles. The third-order valence-electron chi connectivity index (χ3n) is 6.06. The second kappa shape index (κ2) is 8.93. The van der Waals surface area contributed by atoms with Gasteiger partial charge in [-0.25, -0.2) is 8.42 Å². The zero-order chi connectivity index (χ0) is 22.2. The molecule has 1 aromatic rings. The second-order valence-corrected chi connectivity index (χ2v) is 10.4. The van der Waals surface area contributed by atoms with E-state index in [-0.39, 0.29) is 29.1 Å².